The average molecular weight is 523 g/mol. The number of hydrogen-bond acceptors (Lipinski definition) is 5. The Morgan fingerprint density at radius 2 is 1.65 bits per heavy atom. The minimum Gasteiger partial charge on any atom is -0.494 e. The third kappa shape index (κ3) is 7.03. The van der Waals surface area contributed by atoms with Crippen molar-refractivity contribution in [3.8, 4) is 11.5 Å². The van der Waals surface area contributed by atoms with E-state index in [0.29, 0.717) is 23.1 Å². The smallest absolute Gasteiger partial charge is 0.261 e. The molecule has 0 aliphatic rings. The minimum absolute atomic E-state index is 0.0421. The molecule has 1 unspecified atom stereocenters. The molecule has 0 aromatic heterocycles. The van der Waals surface area contributed by atoms with E-state index in [1.54, 1.807) is 36.4 Å². The van der Waals surface area contributed by atoms with Crippen molar-refractivity contribution >= 4 is 44.8 Å². The van der Waals surface area contributed by atoms with Gasteiger partial charge in [0, 0.05) is 10.7 Å². The van der Waals surface area contributed by atoms with Crippen LogP contribution in [0.3, 0.4) is 0 Å². The quantitative estimate of drug-likeness (QED) is 0.369. The number of benzene rings is 3. The SMILES string of the molecule is CCOc1ccc(NS(=O)(=O)c2ccc(OCC(=O)NC(C)c3ccc(Cl)cc3)c(Cl)c2)cc1. The van der Waals surface area contributed by atoms with Gasteiger partial charge in [-0.1, -0.05) is 35.3 Å². The Morgan fingerprint density at radius 3 is 2.26 bits per heavy atom. The number of rotatable bonds is 10. The predicted molar refractivity (Wildman–Crippen MR) is 133 cm³/mol. The molecule has 0 aliphatic heterocycles. The van der Waals surface area contributed by atoms with E-state index in [-0.39, 0.29) is 34.2 Å². The van der Waals surface area contributed by atoms with E-state index in [2.05, 4.69) is 10.0 Å². The van der Waals surface area contributed by atoms with Crippen molar-refractivity contribution < 1.29 is 22.7 Å². The lowest BCUT2D eigenvalue weighted by molar-refractivity contribution is -0.123. The Morgan fingerprint density at radius 1 is 0.971 bits per heavy atom. The molecule has 0 spiro atoms. The van der Waals surface area contributed by atoms with Crippen LogP contribution in [0.2, 0.25) is 10.0 Å². The predicted octanol–water partition coefficient (Wildman–Crippen LogP) is 5.45. The second-order valence-corrected chi connectivity index (χ2v) is 9.81. The van der Waals surface area contributed by atoms with Crippen molar-refractivity contribution in [1.82, 2.24) is 5.32 Å². The molecule has 1 amide bonds. The van der Waals surface area contributed by atoms with Crippen molar-refractivity contribution in [2.75, 3.05) is 17.9 Å². The van der Waals surface area contributed by atoms with Crippen molar-refractivity contribution in [2.45, 2.75) is 24.8 Å². The highest BCUT2D eigenvalue weighted by atomic mass is 35.5. The maximum Gasteiger partial charge on any atom is 0.261 e. The number of sulfonamides is 1. The molecular weight excluding hydrogens is 499 g/mol. The summed E-state index contributed by atoms with van der Waals surface area (Å²) in [4.78, 5) is 12.2. The summed E-state index contributed by atoms with van der Waals surface area (Å²) < 4.78 is 38.7. The van der Waals surface area contributed by atoms with Gasteiger partial charge in [-0.05, 0) is 74.0 Å². The monoisotopic (exact) mass is 522 g/mol. The lowest BCUT2D eigenvalue weighted by Gasteiger charge is -2.15. The lowest BCUT2D eigenvalue weighted by Crippen LogP contribution is -2.31. The first-order valence-corrected chi connectivity index (χ1v) is 12.6. The Kier molecular flexibility index (Phi) is 8.66. The maximum atomic E-state index is 12.7. The van der Waals surface area contributed by atoms with E-state index in [4.69, 9.17) is 32.7 Å². The number of nitrogens with one attached hydrogen (secondary N) is 2. The van der Waals surface area contributed by atoms with Crippen LogP contribution in [0, 0.1) is 0 Å². The van der Waals surface area contributed by atoms with Crippen LogP contribution >= 0.6 is 23.2 Å². The Labute approximate surface area is 209 Å². The standard InChI is InChI=1S/C24H24Cl2N2O5S/c1-3-32-20-10-8-19(9-11-20)28-34(30,31)21-12-13-23(22(26)14-21)33-15-24(29)27-16(2)17-4-6-18(25)7-5-17/h4-14,16,28H,3,15H2,1-2H3,(H,27,29). The fraction of sp³-hybridized carbons (Fsp3) is 0.208. The fourth-order valence-corrected chi connectivity index (χ4v) is 4.54. The summed E-state index contributed by atoms with van der Waals surface area (Å²) in [6.45, 7) is 3.93. The number of carbonyl (C=O) groups excluding carboxylic acids is 1. The first kappa shape index (κ1) is 25.7. The number of halogens is 2. The van der Waals surface area contributed by atoms with Gasteiger partial charge in [0.25, 0.3) is 15.9 Å². The topological polar surface area (TPSA) is 93.7 Å². The average Bonchev–Trinajstić information content (AvgIpc) is 2.80. The summed E-state index contributed by atoms with van der Waals surface area (Å²) in [5.41, 5.74) is 1.27. The van der Waals surface area contributed by atoms with Gasteiger partial charge in [-0.2, -0.15) is 0 Å². The van der Waals surface area contributed by atoms with Gasteiger partial charge in [0.1, 0.15) is 11.5 Å². The van der Waals surface area contributed by atoms with E-state index in [0.717, 1.165) is 5.56 Å². The molecule has 7 nitrogen and oxygen atoms in total. The largest absolute Gasteiger partial charge is 0.494 e. The molecule has 0 heterocycles. The van der Waals surface area contributed by atoms with Crippen LogP contribution < -0.4 is 19.5 Å². The van der Waals surface area contributed by atoms with Crippen LogP contribution in [0.1, 0.15) is 25.5 Å². The molecule has 180 valence electrons. The Hall–Kier alpha value is -2.94. The van der Waals surface area contributed by atoms with Crippen LogP contribution in [0.5, 0.6) is 11.5 Å². The summed E-state index contributed by atoms with van der Waals surface area (Å²) >= 11 is 12.1. The van der Waals surface area contributed by atoms with Gasteiger partial charge in [0.2, 0.25) is 0 Å². The van der Waals surface area contributed by atoms with Crippen LogP contribution in [0.25, 0.3) is 0 Å². The summed E-state index contributed by atoms with van der Waals surface area (Å²) in [6.07, 6.45) is 0. The number of amides is 1. The summed E-state index contributed by atoms with van der Waals surface area (Å²) in [5.74, 6) is 0.477. The van der Waals surface area contributed by atoms with Crippen LogP contribution in [-0.4, -0.2) is 27.5 Å². The molecular formula is C24H24Cl2N2O5S. The van der Waals surface area contributed by atoms with Gasteiger partial charge in [-0.3, -0.25) is 9.52 Å². The molecule has 0 aliphatic carbocycles. The molecule has 34 heavy (non-hydrogen) atoms. The van der Waals surface area contributed by atoms with Gasteiger partial charge in [-0.15, -0.1) is 0 Å². The second kappa shape index (κ2) is 11.5. The third-order valence-corrected chi connectivity index (χ3v) is 6.66. The number of ether oxygens (including phenoxy) is 2. The molecule has 10 heteroatoms. The van der Waals surface area contributed by atoms with Crippen molar-refractivity contribution in [1.29, 1.82) is 0 Å². The number of anilines is 1. The second-order valence-electron chi connectivity index (χ2n) is 7.28. The van der Waals surface area contributed by atoms with Crippen molar-refractivity contribution in [3.05, 3.63) is 82.3 Å². The highest BCUT2D eigenvalue weighted by Crippen LogP contribution is 2.28. The molecule has 0 radical (unpaired) electrons. The van der Waals surface area contributed by atoms with E-state index in [1.165, 1.54) is 18.2 Å². The van der Waals surface area contributed by atoms with Crippen LogP contribution in [-0.2, 0) is 14.8 Å². The van der Waals surface area contributed by atoms with Gasteiger partial charge >= 0.3 is 0 Å². The zero-order valence-corrected chi connectivity index (χ0v) is 20.9. The molecule has 3 aromatic rings. The zero-order valence-electron chi connectivity index (χ0n) is 18.5. The first-order valence-electron chi connectivity index (χ1n) is 10.4. The minimum atomic E-state index is -3.88. The highest BCUT2D eigenvalue weighted by Gasteiger charge is 2.17. The van der Waals surface area contributed by atoms with Gasteiger partial charge in [0.05, 0.1) is 22.6 Å². The number of carbonyl (C=O) groups is 1. The van der Waals surface area contributed by atoms with Crippen LogP contribution in [0.4, 0.5) is 5.69 Å². The molecule has 1 atom stereocenters. The van der Waals surface area contributed by atoms with E-state index >= 15 is 0 Å². The molecule has 0 saturated heterocycles. The van der Waals surface area contributed by atoms with E-state index < -0.39 is 10.0 Å². The third-order valence-electron chi connectivity index (χ3n) is 4.74. The lowest BCUT2D eigenvalue weighted by atomic mass is 10.1. The molecule has 3 rings (SSSR count). The maximum absolute atomic E-state index is 12.7. The molecule has 2 N–H and O–H groups in total. The van der Waals surface area contributed by atoms with Crippen LogP contribution in [0.15, 0.2) is 71.6 Å². The molecule has 0 saturated carbocycles. The van der Waals surface area contributed by atoms with Crippen molar-refractivity contribution in [2.24, 2.45) is 0 Å². The first-order chi connectivity index (χ1) is 16.2. The molecule has 0 bridgehead atoms. The summed E-state index contributed by atoms with van der Waals surface area (Å²) in [6, 6.07) is 17.5. The van der Waals surface area contributed by atoms with E-state index in [1.807, 2.05) is 26.0 Å². The Balaban J connectivity index is 1.59. The summed E-state index contributed by atoms with van der Waals surface area (Å²) in [5, 5.41) is 3.49. The van der Waals surface area contributed by atoms with Crippen molar-refractivity contribution in [3.63, 3.8) is 0 Å². The van der Waals surface area contributed by atoms with Gasteiger partial charge in [-0.25, -0.2) is 8.42 Å². The van der Waals surface area contributed by atoms with Gasteiger partial charge in [0.15, 0.2) is 6.61 Å². The summed E-state index contributed by atoms with van der Waals surface area (Å²) in [7, 11) is -3.88. The normalized spacial score (nSPS) is 12.0. The number of hydrogen-bond donors (Lipinski definition) is 2. The molecule has 3 aromatic carbocycles. The molecule has 0 fully saturated rings. The zero-order chi connectivity index (χ0) is 24.7. The fourth-order valence-electron chi connectivity index (χ4n) is 3.03. The van der Waals surface area contributed by atoms with Gasteiger partial charge < -0.3 is 14.8 Å². The van der Waals surface area contributed by atoms with E-state index in [9.17, 15) is 13.2 Å². The highest BCUT2D eigenvalue weighted by molar-refractivity contribution is 7.92. The Bertz CT molecular complexity index is 1230.